The van der Waals surface area contributed by atoms with Crippen molar-refractivity contribution in [3.8, 4) is 5.75 Å². The standard InChI is InChI=1S/C15H13F6NO4S/c16-14(17,18)13(23)22-5-1-2-10-11-7-9(4-3-8(11)6-12(10)22)26-27(24,25)15(19,20)21/h3-4,7,10,12H,1-2,5-6H2/t10-,12+/m0/s1. The molecular weight excluding hydrogens is 404 g/mol. The average Bonchev–Trinajstić information content (AvgIpc) is 2.90. The number of nitrogens with zero attached hydrogens (tertiary/aromatic N) is 1. The molecule has 1 amide bonds. The van der Waals surface area contributed by atoms with Gasteiger partial charge in [0, 0.05) is 18.5 Å². The van der Waals surface area contributed by atoms with Gasteiger partial charge in [0.2, 0.25) is 0 Å². The molecule has 0 aromatic heterocycles. The Morgan fingerprint density at radius 3 is 2.41 bits per heavy atom. The third-order valence-electron chi connectivity index (χ3n) is 4.72. The molecule has 0 bridgehead atoms. The summed E-state index contributed by atoms with van der Waals surface area (Å²) < 4.78 is 102. The van der Waals surface area contributed by atoms with E-state index in [4.69, 9.17) is 0 Å². The molecule has 2 aliphatic rings. The molecule has 27 heavy (non-hydrogen) atoms. The van der Waals surface area contributed by atoms with Crippen LogP contribution in [0.25, 0.3) is 0 Å². The summed E-state index contributed by atoms with van der Waals surface area (Å²) in [6, 6.07) is 2.63. The SMILES string of the molecule is O=C(N1CCC[C@H]2c3cc(OS(=O)(=O)C(F)(F)F)ccc3C[C@H]21)C(F)(F)F. The van der Waals surface area contributed by atoms with Gasteiger partial charge in [-0.3, -0.25) is 4.79 Å². The Balaban J connectivity index is 1.88. The number of likely N-dealkylation sites (tertiary alicyclic amines) is 1. The van der Waals surface area contributed by atoms with Gasteiger partial charge in [0.15, 0.2) is 0 Å². The highest BCUT2D eigenvalue weighted by molar-refractivity contribution is 7.88. The summed E-state index contributed by atoms with van der Waals surface area (Å²) in [6.07, 6.45) is -4.21. The van der Waals surface area contributed by atoms with Gasteiger partial charge in [-0.1, -0.05) is 6.07 Å². The fourth-order valence-corrected chi connectivity index (χ4v) is 4.09. The summed E-state index contributed by atoms with van der Waals surface area (Å²) in [4.78, 5) is 12.4. The Morgan fingerprint density at radius 2 is 1.81 bits per heavy atom. The van der Waals surface area contributed by atoms with Crippen LogP contribution < -0.4 is 4.18 Å². The number of rotatable bonds is 2. The van der Waals surface area contributed by atoms with E-state index in [0.29, 0.717) is 17.5 Å². The number of amides is 1. The Bertz CT molecular complexity index is 864. The highest BCUT2D eigenvalue weighted by Crippen LogP contribution is 2.44. The minimum Gasteiger partial charge on any atom is -0.376 e. The van der Waals surface area contributed by atoms with E-state index in [9.17, 15) is 39.6 Å². The summed E-state index contributed by atoms with van der Waals surface area (Å²) in [7, 11) is -5.85. The molecule has 150 valence electrons. The van der Waals surface area contributed by atoms with E-state index in [1.54, 1.807) is 0 Å². The van der Waals surface area contributed by atoms with E-state index in [1.807, 2.05) is 0 Å². The molecule has 0 spiro atoms. The Kier molecular flexibility index (Phi) is 4.60. The van der Waals surface area contributed by atoms with Crippen LogP contribution in [0.1, 0.15) is 29.9 Å². The lowest BCUT2D eigenvalue weighted by Crippen LogP contribution is -2.51. The molecule has 1 aliphatic heterocycles. The Hall–Kier alpha value is -1.98. The zero-order valence-corrected chi connectivity index (χ0v) is 14.3. The molecule has 0 N–H and O–H groups in total. The second kappa shape index (κ2) is 6.28. The van der Waals surface area contributed by atoms with Crippen LogP contribution in [0.4, 0.5) is 26.3 Å². The fourth-order valence-electron chi connectivity index (χ4n) is 3.64. The van der Waals surface area contributed by atoms with E-state index in [-0.39, 0.29) is 19.4 Å². The Labute approximate surface area is 150 Å². The third-order valence-corrected chi connectivity index (χ3v) is 5.70. The molecule has 1 aliphatic carbocycles. The molecule has 3 rings (SSSR count). The van der Waals surface area contributed by atoms with Crippen LogP contribution in [0, 0.1) is 0 Å². The van der Waals surface area contributed by atoms with Crippen molar-refractivity contribution < 1.29 is 43.7 Å². The van der Waals surface area contributed by atoms with Gasteiger partial charge in [-0.2, -0.15) is 34.8 Å². The topological polar surface area (TPSA) is 63.7 Å². The lowest BCUT2D eigenvalue weighted by atomic mass is 9.88. The lowest BCUT2D eigenvalue weighted by Gasteiger charge is -2.38. The van der Waals surface area contributed by atoms with Crippen molar-refractivity contribution in [1.82, 2.24) is 4.90 Å². The van der Waals surface area contributed by atoms with Crippen molar-refractivity contribution in [2.45, 2.75) is 42.9 Å². The first-order valence-corrected chi connectivity index (χ1v) is 9.23. The normalized spacial score (nSPS) is 23.0. The van der Waals surface area contributed by atoms with Crippen molar-refractivity contribution in [3.63, 3.8) is 0 Å². The van der Waals surface area contributed by atoms with Gasteiger partial charge in [0.25, 0.3) is 0 Å². The first-order valence-electron chi connectivity index (χ1n) is 7.82. The van der Waals surface area contributed by atoms with Crippen LogP contribution in [0.15, 0.2) is 18.2 Å². The van der Waals surface area contributed by atoms with E-state index in [1.165, 1.54) is 6.07 Å². The quantitative estimate of drug-likeness (QED) is 0.422. The van der Waals surface area contributed by atoms with Gasteiger partial charge in [0.1, 0.15) is 5.75 Å². The minimum atomic E-state index is -5.85. The number of carbonyl (C=O) groups is 1. The van der Waals surface area contributed by atoms with Gasteiger partial charge in [0.05, 0.1) is 0 Å². The number of hydrogen-bond donors (Lipinski definition) is 0. The third kappa shape index (κ3) is 3.58. The highest BCUT2D eigenvalue weighted by Gasteiger charge is 2.50. The van der Waals surface area contributed by atoms with Crippen molar-refractivity contribution in [3.05, 3.63) is 29.3 Å². The average molecular weight is 417 g/mol. The molecule has 0 unspecified atom stereocenters. The van der Waals surface area contributed by atoms with Crippen LogP contribution >= 0.6 is 0 Å². The van der Waals surface area contributed by atoms with Crippen LogP contribution in [0.2, 0.25) is 0 Å². The predicted molar refractivity (Wildman–Crippen MR) is 79.3 cm³/mol. The van der Waals surface area contributed by atoms with E-state index < -0.39 is 45.4 Å². The monoisotopic (exact) mass is 417 g/mol. The largest absolute Gasteiger partial charge is 0.534 e. The number of fused-ring (bicyclic) bond motifs is 3. The van der Waals surface area contributed by atoms with Crippen LogP contribution in [0.5, 0.6) is 5.75 Å². The van der Waals surface area contributed by atoms with Gasteiger partial charge >= 0.3 is 27.7 Å². The summed E-state index contributed by atoms with van der Waals surface area (Å²) in [5.74, 6) is -3.07. The second-order valence-electron chi connectivity index (χ2n) is 6.36. The van der Waals surface area contributed by atoms with Gasteiger partial charge in [-0.25, -0.2) is 0 Å². The zero-order chi connectivity index (χ0) is 20.2. The second-order valence-corrected chi connectivity index (χ2v) is 7.90. The first-order chi connectivity index (χ1) is 12.3. The minimum absolute atomic E-state index is 0.0701. The number of piperidine rings is 1. The highest BCUT2D eigenvalue weighted by atomic mass is 32.2. The molecule has 1 heterocycles. The van der Waals surface area contributed by atoms with E-state index >= 15 is 0 Å². The van der Waals surface area contributed by atoms with Crippen molar-refractivity contribution in [1.29, 1.82) is 0 Å². The van der Waals surface area contributed by atoms with Gasteiger partial charge in [-0.05, 0) is 42.5 Å². The van der Waals surface area contributed by atoms with Gasteiger partial charge in [-0.15, -0.1) is 0 Å². The van der Waals surface area contributed by atoms with Gasteiger partial charge < -0.3 is 9.08 Å². The molecule has 0 radical (unpaired) electrons. The van der Waals surface area contributed by atoms with E-state index in [0.717, 1.165) is 17.0 Å². The maximum Gasteiger partial charge on any atom is 0.534 e. The molecular formula is C15H13F6NO4S. The zero-order valence-electron chi connectivity index (χ0n) is 13.5. The fraction of sp³-hybridized carbons (Fsp3) is 0.533. The van der Waals surface area contributed by atoms with Crippen LogP contribution in [-0.4, -0.2) is 43.5 Å². The summed E-state index contributed by atoms with van der Waals surface area (Å²) in [5.41, 5.74) is -4.66. The lowest BCUT2D eigenvalue weighted by molar-refractivity contribution is -0.189. The molecule has 1 saturated heterocycles. The molecule has 2 atom stereocenters. The number of halogens is 6. The first kappa shape index (κ1) is 19.8. The molecule has 1 fully saturated rings. The summed E-state index contributed by atoms with van der Waals surface area (Å²) in [6.45, 7) is -0.0701. The molecule has 5 nitrogen and oxygen atoms in total. The Morgan fingerprint density at radius 1 is 1.15 bits per heavy atom. The maximum atomic E-state index is 12.8. The molecule has 1 aromatic rings. The molecule has 0 saturated carbocycles. The summed E-state index contributed by atoms with van der Waals surface area (Å²) in [5, 5.41) is 0. The summed E-state index contributed by atoms with van der Waals surface area (Å²) >= 11 is 0. The van der Waals surface area contributed by atoms with E-state index in [2.05, 4.69) is 4.18 Å². The molecule has 1 aromatic carbocycles. The van der Waals surface area contributed by atoms with Crippen molar-refractivity contribution >= 4 is 16.0 Å². The number of alkyl halides is 6. The number of hydrogen-bond acceptors (Lipinski definition) is 4. The molecule has 12 heteroatoms. The number of carbonyl (C=O) groups excluding carboxylic acids is 1. The van der Waals surface area contributed by atoms with Crippen LogP contribution in [0.3, 0.4) is 0 Å². The maximum absolute atomic E-state index is 12.8. The van der Waals surface area contributed by atoms with Crippen LogP contribution in [-0.2, 0) is 21.3 Å². The van der Waals surface area contributed by atoms with Crippen molar-refractivity contribution in [2.24, 2.45) is 0 Å². The predicted octanol–water partition coefficient (Wildman–Crippen LogP) is 3.11. The van der Waals surface area contributed by atoms with Crippen molar-refractivity contribution in [2.75, 3.05) is 6.54 Å². The smallest absolute Gasteiger partial charge is 0.376 e. The number of benzene rings is 1.